The van der Waals surface area contributed by atoms with Gasteiger partial charge in [0.2, 0.25) is 0 Å². The van der Waals surface area contributed by atoms with Crippen molar-refractivity contribution in [3.8, 4) is 0 Å². The van der Waals surface area contributed by atoms with E-state index in [1.54, 1.807) is 26.0 Å². The van der Waals surface area contributed by atoms with Crippen LogP contribution in [0.15, 0.2) is 54.6 Å². The van der Waals surface area contributed by atoms with Crippen molar-refractivity contribution >= 4 is 22.6 Å². The van der Waals surface area contributed by atoms with Gasteiger partial charge in [0.25, 0.3) is 5.91 Å². The smallest absolute Gasteiger partial charge is 0.339 e. The van der Waals surface area contributed by atoms with Crippen molar-refractivity contribution in [3.63, 3.8) is 0 Å². The number of rotatable bonds is 4. The highest BCUT2D eigenvalue weighted by Crippen LogP contribution is 2.36. The molecular formula is C24H24N2O3. The van der Waals surface area contributed by atoms with E-state index in [9.17, 15) is 9.59 Å². The fourth-order valence-corrected chi connectivity index (χ4v) is 4.13. The first-order valence-corrected chi connectivity index (χ1v) is 10.0. The van der Waals surface area contributed by atoms with Crippen LogP contribution in [0.1, 0.15) is 57.9 Å². The summed E-state index contributed by atoms with van der Waals surface area (Å²) in [6.07, 6.45) is 1.89. The Morgan fingerprint density at radius 1 is 1.10 bits per heavy atom. The maximum Gasteiger partial charge on any atom is 0.339 e. The summed E-state index contributed by atoms with van der Waals surface area (Å²) < 4.78 is 5.05. The largest absolute Gasteiger partial charge is 0.462 e. The molecule has 5 heteroatoms. The van der Waals surface area contributed by atoms with Gasteiger partial charge in [-0.1, -0.05) is 42.5 Å². The number of hydrogen-bond donors (Lipinski definition) is 0. The Hall–Kier alpha value is -3.21. The van der Waals surface area contributed by atoms with Gasteiger partial charge in [-0.3, -0.25) is 4.79 Å². The zero-order valence-electron chi connectivity index (χ0n) is 16.7. The molecule has 1 saturated heterocycles. The van der Waals surface area contributed by atoms with E-state index >= 15 is 0 Å². The molecule has 1 aliphatic rings. The number of hydrogen-bond acceptors (Lipinski definition) is 4. The van der Waals surface area contributed by atoms with Gasteiger partial charge in [0.05, 0.1) is 23.9 Å². The van der Waals surface area contributed by atoms with E-state index in [1.165, 1.54) is 16.3 Å². The van der Waals surface area contributed by atoms with Crippen molar-refractivity contribution in [3.05, 3.63) is 77.1 Å². The number of esters is 1. The molecule has 148 valence electrons. The van der Waals surface area contributed by atoms with Gasteiger partial charge >= 0.3 is 5.97 Å². The van der Waals surface area contributed by atoms with Gasteiger partial charge in [0.15, 0.2) is 0 Å². The van der Waals surface area contributed by atoms with Crippen molar-refractivity contribution in [2.45, 2.75) is 32.7 Å². The average molecular weight is 388 g/mol. The van der Waals surface area contributed by atoms with Crippen LogP contribution in [0.4, 0.5) is 0 Å². The molecule has 0 spiro atoms. The number of aryl methyl sites for hydroxylation is 1. The zero-order chi connectivity index (χ0) is 20.4. The van der Waals surface area contributed by atoms with Gasteiger partial charge < -0.3 is 9.64 Å². The molecule has 1 amide bonds. The lowest BCUT2D eigenvalue weighted by Crippen LogP contribution is -2.31. The number of pyridine rings is 1. The van der Waals surface area contributed by atoms with E-state index < -0.39 is 5.97 Å². The van der Waals surface area contributed by atoms with Crippen LogP contribution in [0.3, 0.4) is 0 Å². The lowest BCUT2D eigenvalue weighted by atomic mass is 9.97. The Bertz CT molecular complexity index is 1070. The molecule has 1 fully saturated rings. The maximum absolute atomic E-state index is 13.3. The molecule has 0 bridgehead atoms. The third-order valence-electron chi connectivity index (χ3n) is 5.50. The Labute approximate surface area is 170 Å². The lowest BCUT2D eigenvalue weighted by molar-refractivity contribution is 0.0524. The predicted octanol–water partition coefficient (Wildman–Crippen LogP) is 4.70. The maximum atomic E-state index is 13.3. The summed E-state index contributed by atoms with van der Waals surface area (Å²) in [7, 11) is 0. The van der Waals surface area contributed by atoms with Crippen LogP contribution in [0.25, 0.3) is 10.8 Å². The van der Waals surface area contributed by atoms with Crippen molar-refractivity contribution in [1.29, 1.82) is 0 Å². The first kappa shape index (κ1) is 19.1. The lowest BCUT2D eigenvalue weighted by Gasteiger charge is -2.26. The van der Waals surface area contributed by atoms with Crippen LogP contribution in [-0.2, 0) is 4.74 Å². The van der Waals surface area contributed by atoms with Gasteiger partial charge in [-0.2, -0.15) is 0 Å². The molecule has 1 unspecified atom stereocenters. The molecule has 0 aliphatic carbocycles. The Morgan fingerprint density at radius 3 is 2.69 bits per heavy atom. The summed E-state index contributed by atoms with van der Waals surface area (Å²) in [5, 5.41) is 2.36. The van der Waals surface area contributed by atoms with Gasteiger partial charge in [-0.15, -0.1) is 0 Å². The molecule has 29 heavy (non-hydrogen) atoms. The van der Waals surface area contributed by atoms with E-state index in [-0.39, 0.29) is 11.9 Å². The van der Waals surface area contributed by atoms with Gasteiger partial charge in [0.1, 0.15) is 5.69 Å². The van der Waals surface area contributed by atoms with Crippen molar-refractivity contribution in [2.24, 2.45) is 0 Å². The van der Waals surface area contributed by atoms with Crippen LogP contribution in [0, 0.1) is 6.92 Å². The molecule has 2 aromatic carbocycles. The Balaban J connectivity index is 1.64. The third kappa shape index (κ3) is 3.60. The number of benzene rings is 2. The monoisotopic (exact) mass is 388 g/mol. The number of ether oxygens (including phenoxy) is 1. The second-order valence-corrected chi connectivity index (χ2v) is 7.27. The molecule has 3 aromatic rings. The van der Waals surface area contributed by atoms with Crippen molar-refractivity contribution in [1.82, 2.24) is 9.88 Å². The number of aromatic nitrogens is 1. The van der Waals surface area contributed by atoms with Crippen molar-refractivity contribution in [2.75, 3.05) is 13.2 Å². The van der Waals surface area contributed by atoms with Gasteiger partial charge in [0, 0.05) is 6.54 Å². The van der Waals surface area contributed by atoms with Crippen LogP contribution in [0.2, 0.25) is 0 Å². The second kappa shape index (κ2) is 8.03. The third-order valence-corrected chi connectivity index (χ3v) is 5.50. The molecule has 0 saturated carbocycles. The molecule has 2 heterocycles. The average Bonchev–Trinajstić information content (AvgIpc) is 3.22. The second-order valence-electron chi connectivity index (χ2n) is 7.27. The standard InChI is InChI=1S/C24H24N2O3/c1-3-29-24(28)18-13-14-21(25-16(18)2)23(27)26-15-7-12-22(26)20-11-6-9-17-8-4-5-10-19(17)20/h4-6,8-11,13-14,22H,3,7,12,15H2,1-2H3. The highest BCUT2D eigenvalue weighted by Gasteiger charge is 2.32. The van der Waals surface area contributed by atoms with E-state index in [1.807, 2.05) is 17.0 Å². The van der Waals surface area contributed by atoms with Gasteiger partial charge in [-0.05, 0) is 55.2 Å². The summed E-state index contributed by atoms with van der Waals surface area (Å²) in [5.74, 6) is -0.509. The molecule has 0 radical (unpaired) electrons. The zero-order valence-corrected chi connectivity index (χ0v) is 16.7. The molecule has 0 N–H and O–H groups in total. The number of fused-ring (bicyclic) bond motifs is 1. The quantitative estimate of drug-likeness (QED) is 0.608. The van der Waals surface area contributed by atoms with Crippen molar-refractivity contribution < 1.29 is 14.3 Å². The summed E-state index contributed by atoms with van der Waals surface area (Å²) in [6.45, 7) is 4.50. The molecular weight excluding hydrogens is 364 g/mol. The fourth-order valence-electron chi connectivity index (χ4n) is 4.13. The predicted molar refractivity (Wildman–Crippen MR) is 112 cm³/mol. The molecule has 1 atom stereocenters. The highest BCUT2D eigenvalue weighted by atomic mass is 16.5. The van der Waals surface area contributed by atoms with E-state index in [4.69, 9.17) is 4.74 Å². The first-order chi connectivity index (χ1) is 14.1. The number of likely N-dealkylation sites (tertiary alicyclic amines) is 1. The van der Waals surface area contributed by atoms with Gasteiger partial charge in [-0.25, -0.2) is 9.78 Å². The van der Waals surface area contributed by atoms with Crippen LogP contribution in [-0.4, -0.2) is 34.9 Å². The summed E-state index contributed by atoms with van der Waals surface area (Å²) >= 11 is 0. The SMILES string of the molecule is CCOC(=O)c1ccc(C(=O)N2CCCC2c2cccc3ccccc23)nc1C. The summed E-state index contributed by atoms with van der Waals surface area (Å²) in [6, 6.07) is 17.8. The van der Waals surface area contributed by atoms with E-state index in [0.29, 0.717) is 30.1 Å². The summed E-state index contributed by atoms with van der Waals surface area (Å²) in [4.78, 5) is 31.6. The summed E-state index contributed by atoms with van der Waals surface area (Å²) in [5.41, 5.74) is 2.45. The minimum Gasteiger partial charge on any atom is -0.462 e. The Kier molecular flexibility index (Phi) is 5.30. The number of nitrogens with zero attached hydrogens (tertiary/aromatic N) is 2. The molecule has 1 aliphatic heterocycles. The number of carbonyl (C=O) groups excluding carboxylic acids is 2. The number of carbonyl (C=O) groups is 2. The highest BCUT2D eigenvalue weighted by molar-refractivity contribution is 5.96. The molecule has 4 rings (SSSR count). The van der Waals surface area contributed by atoms with Crippen LogP contribution >= 0.6 is 0 Å². The van der Waals surface area contributed by atoms with E-state index in [2.05, 4.69) is 35.3 Å². The van der Waals surface area contributed by atoms with E-state index in [0.717, 1.165) is 12.8 Å². The molecule has 1 aromatic heterocycles. The Morgan fingerprint density at radius 2 is 1.90 bits per heavy atom. The van der Waals surface area contributed by atoms with Crippen LogP contribution in [0.5, 0.6) is 0 Å². The fraction of sp³-hybridized carbons (Fsp3) is 0.292. The number of amides is 1. The van der Waals surface area contributed by atoms with Crippen LogP contribution < -0.4 is 0 Å². The normalized spacial score (nSPS) is 16.2. The minimum atomic E-state index is -0.411. The topological polar surface area (TPSA) is 59.5 Å². The first-order valence-electron chi connectivity index (χ1n) is 10.0. The minimum absolute atomic E-state index is 0.0282. The molecule has 5 nitrogen and oxygen atoms in total.